The summed E-state index contributed by atoms with van der Waals surface area (Å²) >= 11 is 0. The standard InChI is InChI=1S/C20H20FN3O3/c1-13-7-8-15(9-16(13)21)11-22-18(25)12-24-19(26)17(23-20(24)27)10-14-5-3-2-4-6-14/h2-9,17H,10-12H2,1H3,(H,22,25)(H,23,27). The van der Waals surface area contributed by atoms with E-state index in [1.165, 1.54) is 6.07 Å². The maximum Gasteiger partial charge on any atom is 0.325 e. The summed E-state index contributed by atoms with van der Waals surface area (Å²) in [5.41, 5.74) is 2.04. The van der Waals surface area contributed by atoms with Crippen molar-refractivity contribution < 1.29 is 18.8 Å². The van der Waals surface area contributed by atoms with Gasteiger partial charge in [-0.15, -0.1) is 0 Å². The minimum atomic E-state index is -0.682. The molecule has 1 heterocycles. The van der Waals surface area contributed by atoms with Crippen LogP contribution in [0, 0.1) is 12.7 Å². The molecule has 1 aliphatic rings. The molecule has 140 valence electrons. The van der Waals surface area contributed by atoms with Gasteiger partial charge in [0.25, 0.3) is 5.91 Å². The van der Waals surface area contributed by atoms with E-state index in [-0.39, 0.29) is 18.9 Å². The Morgan fingerprint density at radius 2 is 1.89 bits per heavy atom. The van der Waals surface area contributed by atoms with Crippen LogP contribution in [0.2, 0.25) is 0 Å². The number of hydrogen-bond acceptors (Lipinski definition) is 3. The predicted molar refractivity (Wildman–Crippen MR) is 97.2 cm³/mol. The lowest BCUT2D eigenvalue weighted by Crippen LogP contribution is -2.41. The average Bonchev–Trinajstić information content (AvgIpc) is 2.91. The number of rotatable bonds is 6. The molecule has 4 amide bonds. The molecule has 3 rings (SSSR count). The lowest BCUT2D eigenvalue weighted by atomic mass is 10.1. The van der Waals surface area contributed by atoms with E-state index in [1.807, 2.05) is 30.3 Å². The van der Waals surface area contributed by atoms with Crippen molar-refractivity contribution in [1.82, 2.24) is 15.5 Å². The molecule has 0 saturated carbocycles. The van der Waals surface area contributed by atoms with Crippen molar-refractivity contribution in [3.05, 3.63) is 71.0 Å². The highest BCUT2D eigenvalue weighted by Crippen LogP contribution is 2.12. The van der Waals surface area contributed by atoms with Gasteiger partial charge < -0.3 is 10.6 Å². The van der Waals surface area contributed by atoms with E-state index >= 15 is 0 Å². The number of amides is 4. The van der Waals surface area contributed by atoms with Gasteiger partial charge in [0, 0.05) is 13.0 Å². The molecule has 1 atom stereocenters. The molecule has 0 radical (unpaired) electrons. The highest BCUT2D eigenvalue weighted by Gasteiger charge is 2.38. The molecule has 2 aromatic rings. The fourth-order valence-electron chi connectivity index (χ4n) is 2.86. The van der Waals surface area contributed by atoms with E-state index < -0.39 is 23.9 Å². The minimum absolute atomic E-state index is 0.118. The molecule has 0 aromatic heterocycles. The maximum absolute atomic E-state index is 13.5. The summed E-state index contributed by atoms with van der Waals surface area (Å²) in [6.45, 7) is 1.40. The second kappa shape index (κ2) is 7.99. The number of imide groups is 1. The molecule has 6 nitrogen and oxygen atoms in total. The van der Waals surface area contributed by atoms with Crippen molar-refractivity contribution in [3.8, 4) is 0 Å². The number of halogens is 1. The van der Waals surface area contributed by atoms with E-state index in [9.17, 15) is 18.8 Å². The van der Waals surface area contributed by atoms with Crippen molar-refractivity contribution in [1.29, 1.82) is 0 Å². The van der Waals surface area contributed by atoms with E-state index in [0.29, 0.717) is 17.5 Å². The van der Waals surface area contributed by atoms with Gasteiger partial charge in [-0.25, -0.2) is 9.18 Å². The summed E-state index contributed by atoms with van der Waals surface area (Å²) in [6, 6.07) is 12.7. The maximum atomic E-state index is 13.5. The van der Waals surface area contributed by atoms with Crippen LogP contribution in [0.3, 0.4) is 0 Å². The Labute approximate surface area is 156 Å². The molecule has 2 N–H and O–H groups in total. The molecule has 27 heavy (non-hydrogen) atoms. The quantitative estimate of drug-likeness (QED) is 0.764. The monoisotopic (exact) mass is 369 g/mol. The number of aryl methyl sites for hydroxylation is 1. The van der Waals surface area contributed by atoms with Crippen molar-refractivity contribution in [2.45, 2.75) is 25.9 Å². The molecular weight excluding hydrogens is 349 g/mol. The van der Waals surface area contributed by atoms with Gasteiger partial charge in [-0.1, -0.05) is 42.5 Å². The third-order valence-corrected chi connectivity index (χ3v) is 4.42. The first-order valence-electron chi connectivity index (χ1n) is 8.61. The van der Waals surface area contributed by atoms with Gasteiger partial charge in [0.1, 0.15) is 18.4 Å². The molecule has 1 unspecified atom stereocenters. The Morgan fingerprint density at radius 3 is 2.59 bits per heavy atom. The predicted octanol–water partition coefficient (Wildman–Crippen LogP) is 1.91. The largest absolute Gasteiger partial charge is 0.350 e. The van der Waals surface area contributed by atoms with Gasteiger partial charge in [-0.3, -0.25) is 14.5 Å². The van der Waals surface area contributed by atoms with Crippen LogP contribution in [0.1, 0.15) is 16.7 Å². The van der Waals surface area contributed by atoms with Crippen LogP contribution in [-0.4, -0.2) is 35.3 Å². The van der Waals surface area contributed by atoms with Crippen LogP contribution in [0.4, 0.5) is 9.18 Å². The van der Waals surface area contributed by atoms with Crippen molar-refractivity contribution in [2.24, 2.45) is 0 Å². The summed E-state index contributed by atoms with van der Waals surface area (Å²) in [6.07, 6.45) is 0.367. The average molecular weight is 369 g/mol. The fraction of sp³-hybridized carbons (Fsp3) is 0.250. The zero-order valence-corrected chi connectivity index (χ0v) is 14.9. The highest BCUT2D eigenvalue weighted by molar-refractivity contribution is 6.06. The Hall–Kier alpha value is -3.22. The first-order chi connectivity index (χ1) is 12.9. The number of benzene rings is 2. The molecular formula is C20H20FN3O3. The van der Waals surface area contributed by atoms with Crippen LogP contribution < -0.4 is 10.6 Å². The van der Waals surface area contributed by atoms with Crippen LogP contribution in [0.15, 0.2) is 48.5 Å². The topological polar surface area (TPSA) is 78.5 Å². The second-order valence-electron chi connectivity index (χ2n) is 6.48. The normalized spacial score (nSPS) is 16.4. The van der Waals surface area contributed by atoms with Gasteiger partial charge in [-0.2, -0.15) is 0 Å². The number of nitrogens with one attached hydrogen (secondary N) is 2. The summed E-state index contributed by atoms with van der Waals surface area (Å²) in [5.74, 6) is -1.26. The van der Waals surface area contributed by atoms with Crippen LogP contribution in [-0.2, 0) is 22.6 Å². The van der Waals surface area contributed by atoms with E-state index in [0.717, 1.165) is 10.5 Å². The summed E-state index contributed by atoms with van der Waals surface area (Å²) in [5, 5.41) is 5.20. The first kappa shape index (κ1) is 18.6. The molecule has 2 aromatic carbocycles. The third-order valence-electron chi connectivity index (χ3n) is 4.42. The van der Waals surface area contributed by atoms with Gasteiger partial charge in [0.2, 0.25) is 5.91 Å². The fourth-order valence-corrected chi connectivity index (χ4v) is 2.86. The van der Waals surface area contributed by atoms with Crippen molar-refractivity contribution >= 4 is 17.8 Å². The van der Waals surface area contributed by atoms with Gasteiger partial charge in [0.05, 0.1) is 0 Å². The number of urea groups is 1. The molecule has 0 spiro atoms. The molecule has 0 aliphatic carbocycles. The minimum Gasteiger partial charge on any atom is -0.350 e. The van der Waals surface area contributed by atoms with Gasteiger partial charge in [-0.05, 0) is 29.7 Å². The molecule has 0 bridgehead atoms. The SMILES string of the molecule is Cc1ccc(CNC(=O)CN2C(=O)NC(Cc3ccccc3)C2=O)cc1F. The van der Waals surface area contributed by atoms with Gasteiger partial charge >= 0.3 is 6.03 Å². The van der Waals surface area contributed by atoms with Crippen molar-refractivity contribution in [2.75, 3.05) is 6.54 Å². The number of nitrogens with zero attached hydrogens (tertiary/aromatic N) is 1. The molecule has 1 fully saturated rings. The van der Waals surface area contributed by atoms with Crippen LogP contribution in [0.25, 0.3) is 0 Å². The van der Waals surface area contributed by atoms with E-state index in [2.05, 4.69) is 10.6 Å². The summed E-state index contributed by atoms with van der Waals surface area (Å²) in [7, 11) is 0. The van der Waals surface area contributed by atoms with Crippen LogP contribution in [0.5, 0.6) is 0 Å². The number of carbonyl (C=O) groups is 3. The zero-order chi connectivity index (χ0) is 19.4. The molecule has 1 aliphatic heterocycles. The lowest BCUT2D eigenvalue weighted by molar-refractivity contribution is -0.132. The smallest absolute Gasteiger partial charge is 0.325 e. The van der Waals surface area contributed by atoms with E-state index in [4.69, 9.17) is 0 Å². The summed E-state index contributed by atoms with van der Waals surface area (Å²) < 4.78 is 13.5. The highest BCUT2D eigenvalue weighted by atomic mass is 19.1. The Balaban J connectivity index is 1.54. The van der Waals surface area contributed by atoms with Crippen LogP contribution >= 0.6 is 0 Å². The summed E-state index contributed by atoms with van der Waals surface area (Å²) in [4.78, 5) is 37.5. The Kier molecular flexibility index (Phi) is 5.49. The Morgan fingerprint density at radius 1 is 1.15 bits per heavy atom. The van der Waals surface area contributed by atoms with Crippen molar-refractivity contribution in [3.63, 3.8) is 0 Å². The second-order valence-corrected chi connectivity index (χ2v) is 6.48. The lowest BCUT2D eigenvalue weighted by Gasteiger charge is -2.13. The molecule has 1 saturated heterocycles. The van der Waals surface area contributed by atoms with Gasteiger partial charge in [0.15, 0.2) is 0 Å². The molecule has 7 heteroatoms. The third kappa shape index (κ3) is 4.49. The first-order valence-corrected chi connectivity index (χ1v) is 8.61. The Bertz CT molecular complexity index is 870. The number of carbonyl (C=O) groups excluding carboxylic acids is 3. The number of hydrogen-bond donors (Lipinski definition) is 2. The zero-order valence-electron chi connectivity index (χ0n) is 14.9. The van der Waals surface area contributed by atoms with E-state index in [1.54, 1.807) is 19.1 Å².